The molecule has 1 atom stereocenters. The van der Waals surface area contributed by atoms with Crippen molar-refractivity contribution >= 4 is 34.1 Å². The van der Waals surface area contributed by atoms with Gasteiger partial charge in [-0.3, -0.25) is 9.97 Å². The average Bonchev–Trinajstić information content (AvgIpc) is 2.59. The molecule has 2 aromatic heterocycles. The number of ether oxygens (including phenoxy) is 1. The van der Waals surface area contributed by atoms with Gasteiger partial charge in [0, 0.05) is 22.2 Å². The van der Waals surface area contributed by atoms with Crippen molar-refractivity contribution in [1.82, 2.24) is 9.97 Å². The van der Waals surface area contributed by atoms with Gasteiger partial charge in [-0.05, 0) is 48.6 Å². The lowest BCUT2D eigenvalue weighted by Gasteiger charge is -2.16. The first-order valence-electron chi connectivity index (χ1n) is 8.77. The largest absolute Gasteiger partial charge is 0.490 e. The number of aromatic nitrogens is 2. The van der Waals surface area contributed by atoms with E-state index in [2.05, 4.69) is 30.7 Å². The summed E-state index contributed by atoms with van der Waals surface area (Å²) in [7, 11) is 0. The Morgan fingerprint density at radius 3 is 2.58 bits per heavy atom. The van der Waals surface area contributed by atoms with E-state index >= 15 is 0 Å². The predicted octanol–water partition coefficient (Wildman–Crippen LogP) is 6.66. The predicted molar refractivity (Wildman–Crippen MR) is 109 cm³/mol. The third kappa shape index (κ3) is 4.46. The highest BCUT2D eigenvalue weighted by Crippen LogP contribution is 2.32. The summed E-state index contributed by atoms with van der Waals surface area (Å²) in [5, 5.41) is 2.17. The Bertz CT molecular complexity index is 912. The SMILES string of the molecule is CC(C)C[C@H](C)COc1cnc(-c2ccnc3ccc(Cl)cc23)cc1Cl. The molecule has 5 heteroatoms. The number of pyridine rings is 2. The zero-order valence-corrected chi connectivity index (χ0v) is 16.7. The molecule has 2 heterocycles. The molecular weight excluding hydrogens is 367 g/mol. The van der Waals surface area contributed by atoms with E-state index in [9.17, 15) is 0 Å². The van der Waals surface area contributed by atoms with Crippen LogP contribution in [-0.2, 0) is 0 Å². The van der Waals surface area contributed by atoms with Crippen LogP contribution in [0.15, 0.2) is 42.7 Å². The lowest BCUT2D eigenvalue weighted by molar-refractivity contribution is 0.238. The molecule has 26 heavy (non-hydrogen) atoms. The second kappa shape index (κ2) is 8.24. The number of fused-ring (bicyclic) bond motifs is 1. The third-order valence-electron chi connectivity index (χ3n) is 4.20. The minimum Gasteiger partial charge on any atom is -0.490 e. The molecule has 0 amide bonds. The van der Waals surface area contributed by atoms with Crippen molar-refractivity contribution in [2.45, 2.75) is 27.2 Å². The lowest BCUT2D eigenvalue weighted by atomic mass is 10.00. The molecule has 0 spiro atoms. The number of hydrogen-bond acceptors (Lipinski definition) is 3. The van der Waals surface area contributed by atoms with Gasteiger partial charge in [0.1, 0.15) is 0 Å². The lowest BCUT2D eigenvalue weighted by Crippen LogP contribution is -2.11. The van der Waals surface area contributed by atoms with Crippen molar-refractivity contribution in [2.24, 2.45) is 11.8 Å². The number of rotatable bonds is 6. The fraction of sp³-hybridized carbons (Fsp3) is 0.333. The summed E-state index contributed by atoms with van der Waals surface area (Å²) in [6.45, 7) is 7.24. The van der Waals surface area contributed by atoms with E-state index in [1.165, 1.54) is 0 Å². The minimum atomic E-state index is 0.469. The first-order chi connectivity index (χ1) is 12.4. The second-order valence-electron chi connectivity index (χ2n) is 7.07. The average molecular weight is 389 g/mol. The highest BCUT2D eigenvalue weighted by molar-refractivity contribution is 6.32. The van der Waals surface area contributed by atoms with Crippen LogP contribution < -0.4 is 4.74 Å². The summed E-state index contributed by atoms with van der Waals surface area (Å²) in [6.07, 6.45) is 4.57. The number of hydrogen-bond donors (Lipinski definition) is 0. The Morgan fingerprint density at radius 1 is 1.04 bits per heavy atom. The molecule has 1 aromatic carbocycles. The molecule has 136 valence electrons. The highest BCUT2D eigenvalue weighted by Gasteiger charge is 2.12. The van der Waals surface area contributed by atoms with Crippen molar-refractivity contribution in [3.05, 3.63) is 52.8 Å². The fourth-order valence-electron chi connectivity index (χ4n) is 3.12. The highest BCUT2D eigenvalue weighted by atomic mass is 35.5. The molecule has 3 aromatic rings. The van der Waals surface area contributed by atoms with Crippen LogP contribution >= 0.6 is 23.2 Å². The molecule has 0 unspecified atom stereocenters. The third-order valence-corrected chi connectivity index (χ3v) is 4.73. The van der Waals surface area contributed by atoms with Gasteiger partial charge in [0.2, 0.25) is 0 Å². The first kappa shape index (κ1) is 18.9. The van der Waals surface area contributed by atoms with Gasteiger partial charge in [0.05, 0.1) is 29.0 Å². The second-order valence-corrected chi connectivity index (χ2v) is 7.91. The molecule has 0 N–H and O–H groups in total. The maximum Gasteiger partial charge on any atom is 0.156 e. The summed E-state index contributed by atoms with van der Waals surface area (Å²) in [5.74, 6) is 1.73. The smallest absolute Gasteiger partial charge is 0.156 e. The summed E-state index contributed by atoms with van der Waals surface area (Å²) >= 11 is 12.6. The number of benzene rings is 1. The molecule has 3 rings (SSSR count). The molecule has 0 aliphatic carbocycles. The van der Waals surface area contributed by atoms with Gasteiger partial charge in [-0.1, -0.05) is 44.0 Å². The first-order valence-corrected chi connectivity index (χ1v) is 9.52. The van der Waals surface area contributed by atoms with E-state index in [4.69, 9.17) is 27.9 Å². The van der Waals surface area contributed by atoms with Gasteiger partial charge in [0.25, 0.3) is 0 Å². The molecule has 0 saturated heterocycles. The number of halogens is 2. The van der Waals surface area contributed by atoms with E-state index in [1.54, 1.807) is 12.4 Å². The van der Waals surface area contributed by atoms with Crippen LogP contribution in [0.2, 0.25) is 10.0 Å². The Balaban J connectivity index is 1.85. The van der Waals surface area contributed by atoms with Crippen LogP contribution in [0.3, 0.4) is 0 Å². The van der Waals surface area contributed by atoms with Crippen LogP contribution in [0.25, 0.3) is 22.2 Å². The van der Waals surface area contributed by atoms with Crippen LogP contribution in [0.1, 0.15) is 27.2 Å². The van der Waals surface area contributed by atoms with Crippen molar-refractivity contribution < 1.29 is 4.74 Å². The zero-order valence-electron chi connectivity index (χ0n) is 15.2. The van der Waals surface area contributed by atoms with Crippen molar-refractivity contribution in [3.8, 4) is 17.0 Å². The summed E-state index contributed by atoms with van der Waals surface area (Å²) in [4.78, 5) is 8.92. The van der Waals surface area contributed by atoms with Crippen LogP contribution in [0, 0.1) is 11.8 Å². The standard InChI is InChI=1S/C21H22Cl2N2O/c1-13(2)8-14(3)12-26-21-11-25-20(10-18(21)23)16-6-7-24-19-5-4-15(22)9-17(16)19/h4-7,9-11,13-14H,8,12H2,1-3H3/t14-/m0/s1. The van der Waals surface area contributed by atoms with Gasteiger partial charge >= 0.3 is 0 Å². The van der Waals surface area contributed by atoms with E-state index < -0.39 is 0 Å². The zero-order chi connectivity index (χ0) is 18.7. The van der Waals surface area contributed by atoms with Gasteiger partial charge in [-0.15, -0.1) is 0 Å². The van der Waals surface area contributed by atoms with Gasteiger partial charge < -0.3 is 4.74 Å². The summed E-state index contributed by atoms with van der Waals surface area (Å²) in [5.41, 5.74) is 2.58. The van der Waals surface area contributed by atoms with Gasteiger partial charge in [0.15, 0.2) is 5.75 Å². The van der Waals surface area contributed by atoms with E-state index in [0.717, 1.165) is 28.6 Å². The summed E-state index contributed by atoms with van der Waals surface area (Å²) in [6, 6.07) is 9.38. The molecule has 0 saturated carbocycles. The molecule has 0 bridgehead atoms. The van der Waals surface area contributed by atoms with Gasteiger partial charge in [-0.2, -0.15) is 0 Å². The van der Waals surface area contributed by atoms with E-state index in [0.29, 0.717) is 34.2 Å². The minimum absolute atomic E-state index is 0.469. The van der Waals surface area contributed by atoms with Gasteiger partial charge in [-0.25, -0.2) is 0 Å². The monoisotopic (exact) mass is 388 g/mol. The molecule has 0 radical (unpaired) electrons. The van der Waals surface area contributed by atoms with E-state index in [-0.39, 0.29) is 0 Å². The molecule has 0 aliphatic rings. The molecule has 0 aliphatic heterocycles. The molecule has 0 fully saturated rings. The fourth-order valence-corrected chi connectivity index (χ4v) is 3.50. The van der Waals surface area contributed by atoms with Crippen LogP contribution in [0.4, 0.5) is 0 Å². The molecular formula is C21H22Cl2N2O. The number of nitrogens with zero attached hydrogens (tertiary/aromatic N) is 2. The van der Waals surface area contributed by atoms with Crippen molar-refractivity contribution in [2.75, 3.05) is 6.61 Å². The summed E-state index contributed by atoms with van der Waals surface area (Å²) < 4.78 is 5.87. The Kier molecular flexibility index (Phi) is 6.00. The Labute approximate surface area is 164 Å². The maximum absolute atomic E-state index is 6.44. The van der Waals surface area contributed by atoms with Crippen molar-refractivity contribution in [3.63, 3.8) is 0 Å². The van der Waals surface area contributed by atoms with Crippen molar-refractivity contribution in [1.29, 1.82) is 0 Å². The Morgan fingerprint density at radius 2 is 1.85 bits per heavy atom. The normalized spacial score (nSPS) is 12.5. The maximum atomic E-state index is 6.44. The Hall–Kier alpha value is -1.84. The quantitative estimate of drug-likeness (QED) is 0.473. The van der Waals surface area contributed by atoms with Crippen LogP contribution in [-0.4, -0.2) is 16.6 Å². The molecule has 3 nitrogen and oxygen atoms in total. The van der Waals surface area contributed by atoms with E-state index in [1.807, 2.05) is 30.3 Å². The van der Waals surface area contributed by atoms with Crippen LogP contribution in [0.5, 0.6) is 5.75 Å². The topological polar surface area (TPSA) is 35.0 Å².